The van der Waals surface area contributed by atoms with Gasteiger partial charge in [0, 0.05) is 12.1 Å². The number of anilines is 1. The summed E-state index contributed by atoms with van der Waals surface area (Å²) >= 11 is 1.15. The zero-order valence-electron chi connectivity index (χ0n) is 10.9. The van der Waals surface area contributed by atoms with Gasteiger partial charge in [-0.3, -0.25) is 14.9 Å². The number of hydrogen-bond donors (Lipinski definition) is 1. The van der Waals surface area contributed by atoms with Crippen LogP contribution in [0.2, 0.25) is 0 Å². The van der Waals surface area contributed by atoms with Gasteiger partial charge in [-0.25, -0.2) is 9.18 Å². The summed E-state index contributed by atoms with van der Waals surface area (Å²) in [5, 5.41) is 14.4. The summed E-state index contributed by atoms with van der Waals surface area (Å²) in [5.41, 5.74) is -0.723. The molecule has 0 radical (unpaired) electrons. The van der Waals surface area contributed by atoms with Gasteiger partial charge in [-0.1, -0.05) is 6.07 Å². The van der Waals surface area contributed by atoms with Gasteiger partial charge in [0.25, 0.3) is 11.6 Å². The molecule has 7 nitrogen and oxygen atoms in total. The number of nitrogens with zero attached hydrogens (tertiary/aromatic N) is 1. The molecular weight excluding hydrogens is 315 g/mol. The van der Waals surface area contributed by atoms with Crippen molar-refractivity contribution >= 4 is 34.6 Å². The monoisotopic (exact) mass is 324 g/mol. The first-order valence-electron chi connectivity index (χ1n) is 5.92. The van der Waals surface area contributed by atoms with E-state index in [2.05, 4.69) is 5.32 Å². The van der Waals surface area contributed by atoms with Crippen molar-refractivity contribution in [1.82, 2.24) is 0 Å². The van der Waals surface area contributed by atoms with Gasteiger partial charge in [0.2, 0.25) is 0 Å². The lowest BCUT2D eigenvalue weighted by molar-refractivity contribution is -0.384. The molecule has 0 bridgehead atoms. The van der Waals surface area contributed by atoms with Gasteiger partial charge in [0.15, 0.2) is 6.61 Å². The molecule has 0 saturated carbocycles. The van der Waals surface area contributed by atoms with E-state index in [1.165, 1.54) is 6.07 Å². The molecule has 0 unspecified atom stereocenters. The van der Waals surface area contributed by atoms with E-state index in [9.17, 15) is 24.1 Å². The normalized spacial score (nSPS) is 10.0. The molecule has 1 heterocycles. The van der Waals surface area contributed by atoms with Crippen molar-refractivity contribution in [2.24, 2.45) is 0 Å². The maximum Gasteiger partial charge on any atom is 0.348 e. The maximum absolute atomic E-state index is 13.5. The van der Waals surface area contributed by atoms with Crippen LogP contribution in [0.4, 0.5) is 15.8 Å². The first-order chi connectivity index (χ1) is 10.5. The first kappa shape index (κ1) is 15.6. The van der Waals surface area contributed by atoms with Crippen LogP contribution >= 0.6 is 11.3 Å². The molecule has 0 aliphatic rings. The van der Waals surface area contributed by atoms with E-state index in [1.54, 1.807) is 11.4 Å². The maximum atomic E-state index is 13.5. The topological polar surface area (TPSA) is 98.5 Å². The second kappa shape index (κ2) is 6.76. The van der Waals surface area contributed by atoms with Gasteiger partial charge in [0.1, 0.15) is 10.7 Å². The van der Waals surface area contributed by atoms with Crippen LogP contribution in [0.1, 0.15) is 9.67 Å². The zero-order valence-corrected chi connectivity index (χ0v) is 11.8. The number of halogens is 1. The summed E-state index contributed by atoms with van der Waals surface area (Å²) in [6.45, 7) is -0.626. The minimum atomic E-state index is -0.830. The number of nitrogens with one attached hydrogen (secondary N) is 1. The average Bonchev–Trinajstić information content (AvgIpc) is 3.01. The highest BCUT2D eigenvalue weighted by Crippen LogP contribution is 2.21. The van der Waals surface area contributed by atoms with Crippen molar-refractivity contribution in [3.05, 3.63) is 56.5 Å². The van der Waals surface area contributed by atoms with Crippen molar-refractivity contribution in [3.63, 3.8) is 0 Å². The molecule has 0 atom stereocenters. The predicted molar refractivity (Wildman–Crippen MR) is 76.3 cm³/mol. The molecule has 1 aromatic carbocycles. The molecule has 1 N–H and O–H groups in total. The van der Waals surface area contributed by atoms with Gasteiger partial charge in [-0.15, -0.1) is 11.3 Å². The minimum absolute atomic E-state index is 0.328. The highest BCUT2D eigenvalue weighted by atomic mass is 32.1. The van der Waals surface area contributed by atoms with Crippen LogP contribution in [-0.2, 0) is 9.53 Å². The Hall–Kier alpha value is -2.81. The highest BCUT2D eigenvalue weighted by Gasteiger charge is 2.15. The number of rotatable bonds is 5. The van der Waals surface area contributed by atoms with E-state index < -0.39 is 29.2 Å². The van der Waals surface area contributed by atoms with Crippen molar-refractivity contribution in [1.29, 1.82) is 0 Å². The molecule has 22 heavy (non-hydrogen) atoms. The van der Waals surface area contributed by atoms with Crippen LogP contribution in [-0.4, -0.2) is 23.4 Å². The standard InChI is InChI=1S/C13H9FN2O5S/c14-9-4-3-8(16(19)20)6-10(9)15-12(17)7-21-13(18)11-2-1-5-22-11/h1-6H,7H2,(H,15,17). The molecule has 0 fully saturated rings. The molecule has 0 saturated heterocycles. The second-order valence-corrected chi connectivity index (χ2v) is 4.97. The molecule has 114 valence electrons. The number of nitro benzene ring substituents is 1. The SMILES string of the molecule is O=C(COC(=O)c1cccs1)Nc1cc([N+](=O)[O-])ccc1F. The van der Waals surface area contributed by atoms with Gasteiger partial charge < -0.3 is 10.1 Å². The number of ether oxygens (including phenoxy) is 1. The molecular formula is C13H9FN2O5S. The number of non-ortho nitro benzene ring substituents is 1. The molecule has 1 aromatic heterocycles. The summed E-state index contributed by atoms with van der Waals surface area (Å²) < 4.78 is 18.2. The predicted octanol–water partition coefficient (Wildman–Crippen LogP) is 2.59. The summed E-state index contributed by atoms with van der Waals surface area (Å²) in [7, 11) is 0. The van der Waals surface area contributed by atoms with E-state index in [0.717, 1.165) is 29.5 Å². The third-order valence-electron chi connectivity index (χ3n) is 2.49. The Bertz CT molecular complexity index is 717. The van der Waals surface area contributed by atoms with Gasteiger partial charge in [-0.05, 0) is 17.5 Å². The van der Waals surface area contributed by atoms with Crippen LogP contribution in [0, 0.1) is 15.9 Å². The molecule has 0 aliphatic carbocycles. The number of thiophene rings is 1. The fourth-order valence-corrected chi connectivity index (χ4v) is 2.12. The van der Waals surface area contributed by atoms with Crippen LogP contribution in [0.5, 0.6) is 0 Å². The Morgan fingerprint density at radius 2 is 2.14 bits per heavy atom. The van der Waals surface area contributed by atoms with E-state index >= 15 is 0 Å². The molecule has 9 heteroatoms. The summed E-state index contributed by atoms with van der Waals surface area (Å²) in [6, 6.07) is 5.91. The van der Waals surface area contributed by atoms with Gasteiger partial charge >= 0.3 is 5.97 Å². The third kappa shape index (κ3) is 3.85. The molecule has 2 aromatic rings. The summed E-state index contributed by atoms with van der Waals surface area (Å²) in [6.07, 6.45) is 0. The molecule has 1 amide bonds. The van der Waals surface area contributed by atoms with Crippen molar-refractivity contribution in [3.8, 4) is 0 Å². The fourth-order valence-electron chi connectivity index (χ4n) is 1.51. The largest absolute Gasteiger partial charge is 0.451 e. The smallest absolute Gasteiger partial charge is 0.348 e. The Morgan fingerprint density at radius 3 is 2.77 bits per heavy atom. The van der Waals surface area contributed by atoms with Crippen LogP contribution in [0.25, 0.3) is 0 Å². The quantitative estimate of drug-likeness (QED) is 0.518. The van der Waals surface area contributed by atoms with E-state index in [1.807, 2.05) is 0 Å². The average molecular weight is 324 g/mol. The number of benzene rings is 1. The lowest BCUT2D eigenvalue weighted by Crippen LogP contribution is -2.21. The highest BCUT2D eigenvalue weighted by molar-refractivity contribution is 7.11. The van der Waals surface area contributed by atoms with Crippen LogP contribution in [0.3, 0.4) is 0 Å². The van der Waals surface area contributed by atoms with Crippen molar-refractivity contribution in [2.75, 3.05) is 11.9 Å². The van der Waals surface area contributed by atoms with Crippen molar-refractivity contribution in [2.45, 2.75) is 0 Å². The number of amides is 1. The van der Waals surface area contributed by atoms with E-state index in [-0.39, 0.29) is 11.4 Å². The number of nitro groups is 1. The van der Waals surface area contributed by atoms with Crippen LogP contribution in [0.15, 0.2) is 35.7 Å². The van der Waals surface area contributed by atoms with E-state index in [4.69, 9.17) is 4.74 Å². The lowest BCUT2D eigenvalue weighted by Gasteiger charge is -2.06. The van der Waals surface area contributed by atoms with Crippen molar-refractivity contribution < 1.29 is 23.6 Å². The Labute approximate surface area is 127 Å². The number of hydrogen-bond acceptors (Lipinski definition) is 6. The third-order valence-corrected chi connectivity index (χ3v) is 3.34. The number of carbonyl (C=O) groups is 2. The van der Waals surface area contributed by atoms with Gasteiger partial charge in [-0.2, -0.15) is 0 Å². The second-order valence-electron chi connectivity index (χ2n) is 4.02. The molecule has 0 aliphatic heterocycles. The Morgan fingerprint density at radius 1 is 1.36 bits per heavy atom. The Kier molecular flexibility index (Phi) is 4.79. The Balaban J connectivity index is 1.96. The minimum Gasteiger partial charge on any atom is -0.451 e. The van der Waals surface area contributed by atoms with E-state index in [0.29, 0.717) is 4.88 Å². The lowest BCUT2D eigenvalue weighted by atomic mass is 10.2. The first-order valence-corrected chi connectivity index (χ1v) is 6.80. The number of esters is 1. The number of carbonyl (C=O) groups excluding carboxylic acids is 2. The summed E-state index contributed by atoms with van der Waals surface area (Å²) in [4.78, 5) is 33.3. The molecule has 0 spiro atoms. The zero-order chi connectivity index (χ0) is 16.1. The van der Waals surface area contributed by atoms with Gasteiger partial charge in [0.05, 0.1) is 10.6 Å². The molecule has 2 rings (SSSR count). The van der Waals surface area contributed by atoms with Crippen LogP contribution < -0.4 is 5.32 Å². The summed E-state index contributed by atoms with van der Waals surface area (Å²) in [5.74, 6) is -2.31. The fraction of sp³-hybridized carbons (Fsp3) is 0.0769.